The van der Waals surface area contributed by atoms with E-state index >= 15 is 0 Å². The number of hydrogen-bond acceptors (Lipinski definition) is 4. The summed E-state index contributed by atoms with van der Waals surface area (Å²) in [6.45, 7) is 5.49. The summed E-state index contributed by atoms with van der Waals surface area (Å²) >= 11 is 0. The third kappa shape index (κ3) is 4.22. The van der Waals surface area contributed by atoms with Gasteiger partial charge in [0.2, 0.25) is 0 Å². The predicted octanol–water partition coefficient (Wildman–Crippen LogP) is 0.966. The topological polar surface area (TPSA) is 73.9 Å². The van der Waals surface area contributed by atoms with Crippen molar-refractivity contribution in [2.45, 2.75) is 19.4 Å². The highest BCUT2D eigenvalue weighted by Crippen LogP contribution is 2.06. The minimum atomic E-state index is 0.147. The molecule has 104 valence electrons. The van der Waals surface area contributed by atoms with Crippen LogP contribution >= 0.6 is 0 Å². The van der Waals surface area contributed by atoms with Crippen LogP contribution in [0, 0.1) is 0 Å². The van der Waals surface area contributed by atoms with Crippen LogP contribution in [0.4, 0.5) is 0 Å². The number of hydrogen-bond donors (Lipinski definition) is 3. The summed E-state index contributed by atoms with van der Waals surface area (Å²) in [5.41, 5.74) is 7.46. The summed E-state index contributed by atoms with van der Waals surface area (Å²) < 4.78 is 0. The highest BCUT2D eigenvalue weighted by atomic mass is 16.4. The van der Waals surface area contributed by atoms with Crippen molar-refractivity contribution in [3.05, 3.63) is 35.4 Å². The highest BCUT2D eigenvalue weighted by Gasteiger charge is 2.09. The van der Waals surface area contributed by atoms with Gasteiger partial charge in [0.25, 0.3) is 0 Å². The Morgan fingerprint density at radius 1 is 1.26 bits per heavy atom. The molecule has 0 bridgehead atoms. The number of nitrogens with two attached hydrogens (primary N) is 1. The van der Waals surface area contributed by atoms with E-state index in [1.807, 2.05) is 24.3 Å². The Labute approximate surface area is 114 Å². The Morgan fingerprint density at radius 3 is 2.58 bits per heavy atom. The minimum absolute atomic E-state index is 0.147. The van der Waals surface area contributed by atoms with Gasteiger partial charge >= 0.3 is 0 Å². The number of rotatable bonds is 6. The maximum Gasteiger partial charge on any atom is 0.170 e. The van der Waals surface area contributed by atoms with Crippen LogP contribution in [0.5, 0.6) is 0 Å². The van der Waals surface area contributed by atoms with Crippen LogP contribution in [0.25, 0.3) is 0 Å². The molecule has 1 aromatic carbocycles. The molecule has 0 unspecified atom stereocenters. The first-order chi connectivity index (χ1) is 9.29. The van der Waals surface area contributed by atoms with Crippen molar-refractivity contribution in [2.75, 3.05) is 26.2 Å². The molecule has 0 aliphatic carbocycles. The van der Waals surface area contributed by atoms with Gasteiger partial charge in [-0.1, -0.05) is 29.4 Å². The quantitative estimate of drug-likeness (QED) is 0.235. The highest BCUT2D eigenvalue weighted by molar-refractivity contribution is 5.96. The van der Waals surface area contributed by atoms with Crippen LogP contribution < -0.4 is 11.1 Å². The summed E-state index contributed by atoms with van der Waals surface area (Å²) in [6.07, 6.45) is 2.69. The Morgan fingerprint density at radius 2 is 1.95 bits per heavy atom. The van der Waals surface area contributed by atoms with Gasteiger partial charge in [-0.2, -0.15) is 0 Å². The van der Waals surface area contributed by atoms with Crippen LogP contribution in [0.1, 0.15) is 24.0 Å². The molecule has 1 aliphatic rings. The fourth-order valence-electron chi connectivity index (χ4n) is 2.33. The minimum Gasteiger partial charge on any atom is -0.409 e. The van der Waals surface area contributed by atoms with Gasteiger partial charge in [0.15, 0.2) is 5.84 Å². The molecule has 1 saturated heterocycles. The van der Waals surface area contributed by atoms with Gasteiger partial charge in [-0.05, 0) is 31.5 Å². The number of benzene rings is 1. The standard InChI is InChI=1S/C14H22N4O/c15-14(17-19)13-5-3-12(4-6-13)11-16-7-10-18-8-1-2-9-18/h3-6,16,19H,1-2,7-11H2,(H2,15,17). The summed E-state index contributed by atoms with van der Waals surface area (Å²) in [6, 6.07) is 7.73. The van der Waals surface area contributed by atoms with Gasteiger partial charge in [-0.25, -0.2) is 0 Å². The number of oxime groups is 1. The van der Waals surface area contributed by atoms with Crippen molar-refractivity contribution >= 4 is 5.84 Å². The molecule has 2 rings (SSSR count). The molecule has 1 aromatic rings. The van der Waals surface area contributed by atoms with Crippen molar-refractivity contribution in [3.63, 3.8) is 0 Å². The smallest absolute Gasteiger partial charge is 0.170 e. The monoisotopic (exact) mass is 262 g/mol. The summed E-state index contributed by atoms with van der Waals surface area (Å²) in [5.74, 6) is 0.147. The Bertz CT molecular complexity index is 410. The molecule has 0 amide bonds. The Kier molecular flexibility index (Phi) is 5.18. The fraction of sp³-hybridized carbons (Fsp3) is 0.500. The molecule has 0 aromatic heterocycles. The normalized spacial score (nSPS) is 16.9. The number of nitrogens with one attached hydrogen (secondary N) is 1. The molecular weight excluding hydrogens is 240 g/mol. The third-order valence-corrected chi connectivity index (χ3v) is 3.49. The van der Waals surface area contributed by atoms with Crippen LogP contribution in [-0.4, -0.2) is 42.1 Å². The zero-order chi connectivity index (χ0) is 13.5. The lowest BCUT2D eigenvalue weighted by Gasteiger charge is -2.14. The average Bonchev–Trinajstić information content (AvgIpc) is 2.96. The van der Waals surface area contributed by atoms with Crippen LogP contribution in [0.15, 0.2) is 29.4 Å². The lowest BCUT2D eigenvalue weighted by molar-refractivity contribution is 0.318. The summed E-state index contributed by atoms with van der Waals surface area (Å²) in [5, 5.41) is 15.0. The van der Waals surface area contributed by atoms with E-state index in [0.717, 1.165) is 25.2 Å². The molecule has 1 heterocycles. The SMILES string of the molecule is NC(=NO)c1ccc(CNCCN2CCCC2)cc1. The van der Waals surface area contributed by atoms with Crippen LogP contribution in [-0.2, 0) is 6.54 Å². The first-order valence-corrected chi connectivity index (χ1v) is 6.79. The molecule has 19 heavy (non-hydrogen) atoms. The Balaban J connectivity index is 1.70. The molecule has 0 radical (unpaired) electrons. The average molecular weight is 262 g/mol. The van der Waals surface area contributed by atoms with Crippen LogP contribution in [0.2, 0.25) is 0 Å². The van der Waals surface area contributed by atoms with E-state index in [-0.39, 0.29) is 5.84 Å². The molecule has 5 nitrogen and oxygen atoms in total. The van der Waals surface area contributed by atoms with Crippen molar-refractivity contribution in [2.24, 2.45) is 10.9 Å². The molecule has 0 spiro atoms. The van der Waals surface area contributed by atoms with Gasteiger partial charge in [0.1, 0.15) is 0 Å². The second kappa shape index (κ2) is 7.11. The fourth-order valence-corrected chi connectivity index (χ4v) is 2.33. The van der Waals surface area contributed by atoms with E-state index in [1.54, 1.807) is 0 Å². The molecular formula is C14H22N4O. The third-order valence-electron chi connectivity index (χ3n) is 3.49. The Hall–Kier alpha value is -1.59. The van der Waals surface area contributed by atoms with Gasteiger partial charge in [0.05, 0.1) is 0 Å². The van der Waals surface area contributed by atoms with E-state index in [4.69, 9.17) is 10.9 Å². The second-order valence-corrected chi connectivity index (χ2v) is 4.91. The second-order valence-electron chi connectivity index (χ2n) is 4.91. The van der Waals surface area contributed by atoms with Gasteiger partial charge < -0.3 is 21.2 Å². The maximum atomic E-state index is 8.58. The number of nitrogens with zero attached hydrogens (tertiary/aromatic N) is 2. The summed E-state index contributed by atoms with van der Waals surface area (Å²) in [7, 11) is 0. The molecule has 5 heteroatoms. The van der Waals surface area contributed by atoms with E-state index < -0.39 is 0 Å². The zero-order valence-electron chi connectivity index (χ0n) is 11.2. The largest absolute Gasteiger partial charge is 0.409 e. The number of amidine groups is 1. The van der Waals surface area contributed by atoms with Gasteiger partial charge in [-0.3, -0.25) is 0 Å². The van der Waals surface area contributed by atoms with Crippen molar-refractivity contribution < 1.29 is 5.21 Å². The summed E-state index contributed by atoms with van der Waals surface area (Å²) in [4.78, 5) is 2.49. The lowest BCUT2D eigenvalue weighted by Crippen LogP contribution is -2.29. The van der Waals surface area contributed by atoms with Crippen LogP contribution in [0.3, 0.4) is 0 Å². The van der Waals surface area contributed by atoms with E-state index in [1.165, 1.54) is 31.5 Å². The predicted molar refractivity (Wildman–Crippen MR) is 76.3 cm³/mol. The van der Waals surface area contributed by atoms with Gasteiger partial charge in [-0.15, -0.1) is 0 Å². The first-order valence-electron chi connectivity index (χ1n) is 6.79. The van der Waals surface area contributed by atoms with Crippen molar-refractivity contribution in [1.29, 1.82) is 0 Å². The number of likely N-dealkylation sites (tertiary alicyclic amines) is 1. The van der Waals surface area contributed by atoms with E-state index in [0.29, 0.717) is 0 Å². The van der Waals surface area contributed by atoms with Crippen molar-refractivity contribution in [1.82, 2.24) is 10.2 Å². The molecule has 1 fully saturated rings. The molecule has 1 aliphatic heterocycles. The molecule has 0 atom stereocenters. The van der Waals surface area contributed by atoms with Crippen molar-refractivity contribution in [3.8, 4) is 0 Å². The molecule has 0 saturated carbocycles. The van der Waals surface area contributed by atoms with E-state index in [9.17, 15) is 0 Å². The maximum absolute atomic E-state index is 8.58. The van der Waals surface area contributed by atoms with E-state index in [2.05, 4.69) is 15.4 Å². The first kappa shape index (κ1) is 13.8. The zero-order valence-corrected chi connectivity index (χ0v) is 11.2. The molecule has 4 N–H and O–H groups in total. The van der Waals surface area contributed by atoms with Gasteiger partial charge in [0, 0.05) is 25.2 Å². The lowest BCUT2D eigenvalue weighted by atomic mass is 10.1.